The van der Waals surface area contributed by atoms with Crippen molar-refractivity contribution >= 4 is 12.2 Å². The number of guanidine groups is 1. The van der Waals surface area contributed by atoms with Crippen molar-refractivity contribution in [3.8, 4) is 0 Å². The Kier molecular flexibility index (Phi) is 3.11. The van der Waals surface area contributed by atoms with Crippen molar-refractivity contribution < 1.29 is 8.78 Å². The van der Waals surface area contributed by atoms with Crippen LogP contribution in [0.5, 0.6) is 0 Å². The van der Waals surface area contributed by atoms with Crippen LogP contribution in [0.4, 0.5) is 8.78 Å². The molecule has 6 heteroatoms. The quantitative estimate of drug-likeness (QED) is 0.414. The summed E-state index contributed by atoms with van der Waals surface area (Å²) in [5.41, 5.74) is 9.64. The summed E-state index contributed by atoms with van der Waals surface area (Å²) in [4.78, 5) is 0. The van der Waals surface area contributed by atoms with Gasteiger partial charge in [-0.05, 0) is 12.1 Å². The summed E-state index contributed by atoms with van der Waals surface area (Å²) < 4.78 is 25.9. The standard InChI is InChI=1S/C8H8F2N4/c9-6-2-1-3-7(10)5(6)4-13-14-8(11)12/h1-4H,(H4,11,12,14). The van der Waals surface area contributed by atoms with Gasteiger partial charge in [-0.1, -0.05) is 6.07 Å². The minimum Gasteiger partial charge on any atom is -0.369 e. The third kappa shape index (κ3) is 2.51. The Morgan fingerprint density at radius 3 is 2.29 bits per heavy atom. The van der Waals surface area contributed by atoms with Crippen LogP contribution in [0.15, 0.2) is 28.4 Å². The van der Waals surface area contributed by atoms with Gasteiger partial charge in [0.2, 0.25) is 5.96 Å². The minimum atomic E-state index is -0.723. The maximum absolute atomic E-state index is 12.9. The van der Waals surface area contributed by atoms with E-state index in [2.05, 4.69) is 10.2 Å². The lowest BCUT2D eigenvalue weighted by atomic mass is 10.2. The lowest BCUT2D eigenvalue weighted by molar-refractivity contribution is 0.580. The average molecular weight is 198 g/mol. The molecule has 0 atom stereocenters. The zero-order chi connectivity index (χ0) is 10.6. The molecule has 0 saturated heterocycles. The highest BCUT2D eigenvalue weighted by atomic mass is 19.1. The van der Waals surface area contributed by atoms with Crippen LogP contribution in [0.3, 0.4) is 0 Å². The maximum Gasteiger partial charge on any atom is 0.211 e. The van der Waals surface area contributed by atoms with Gasteiger partial charge in [0.05, 0.1) is 11.8 Å². The highest BCUT2D eigenvalue weighted by molar-refractivity contribution is 5.82. The fraction of sp³-hybridized carbons (Fsp3) is 0. The monoisotopic (exact) mass is 198 g/mol. The zero-order valence-electron chi connectivity index (χ0n) is 7.11. The molecule has 0 bridgehead atoms. The molecule has 4 N–H and O–H groups in total. The molecule has 0 aliphatic heterocycles. The third-order valence-electron chi connectivity index (χ3n) is 1.36. The summed E-state index contributed by atoms with van der Waals surface area (Å²) in [6.45, 7) is 0. The topological polar surface area (TPSA) is 76.8 Å². The summed E-state index contributed by atoms with van der Waals surface area (Å²) in [7, 11) is 0. The molecule has 0 unspecified atom stereocenters. The van der Waals surface area contributed by atoms with E-state index in [4.69, 9.17) is 11.5 Å². The van der Waals surface area contributed by atoms with E-state index in [1.807, 2.05) is 0 Å². The molecule has 0 heterocycles. The Morgan fingerprint density at radius 1 is 1.21 bits per heavy atom. The summed E-state index contributed by atoms with van der Waals surface area (Å²) >= 11 is 0. The molecule has 0 aromatic heterocycles. The third-order valence-corrected chi connectivity index (χ3v) is 1.36. The van der Waals surface area contributed by atoms with Crippen molar-refractivity contribution in [2.75, 3.05) is 0 Å². The first-order valence-electron chi connectivity index (χ1n) is 3.67. The predicted molar refractivity (Wildman–Crippen MR) is 49.8 cm³/mol. The van der Waals surface area contributed by atoms with Gasteiger partial charge in [-0.15, -0.1) is 5.10 Å². The Hall–Kier alpha value is -1.98. The summed E-state index contributed by atoms with van der Waals surface area (Å²) in [5, 5.41) is 6.51. The second kappa shape index (κ2) is 4.31. The Labute approximate surface area is 78.9 Å². The number of halogens is 2. The van der Waals surface area contributed by atoms with E-state index < -0.39 is 11.6 Å². The predicted octanol–water partition coefficient (Wildman–Crippen LogP) is 0.572. The first kappa shape index (κ1) is 10.1. The maximum atomic E-state index is 12.9. The van der Waals surface area contributed by atoms with Crippen molar-refractivity contribution in [3.63, 3.8) is 0 Å². The number of hydrogen-bond acceptors (Lipinski definition) is 2. The van der Waals surface area contributed by atoms with Gasteiger partial charge in [0.1, 0.15) is 11.6 Å². The fourth-order valence-electron chi connectivity index (χ4n) is 0.787. The van der Waals surface area contributed by atoms with Gasteiger partial charge < -0.3 is 11.5 Å². The van der Waals surface area contributed by atoms with Gasteiger partial charge in [-0.2, -0.15) is 5.10 Å². The molecule has 74 valence electrons. The van der Waals surface area contributed by atoms with Crippen LogP contribution in [0.1, 0.15) is 5.56 Å². The van der Waals surface area contributed by atoms with E-state index >= 15 is 0 Å². The van der Waals surface area contributed by atoms with Gasteiger partial charge in [0.15, 0.2) is 0 Å². The van der Waals surface area contributed by atoms with Gasteiger partial charge >= 0.3 is 0 Å². The number of rotatable bonds is 2. The lowest BCUT2D eigenvalue weighted by Gasteiger charge is -1.95. The average Bonchev–Trinajstić information content (AvgIpc) is 2.09. The van der Waals surface area contributed by atoms with Gasteiger partial charge in [0, 0.05) is 0 Å². The molecule has 0 spiro atoms. The molecule has 1 aromatic rings. The number of hydrogen-bond donors (Lipinski definition) is 2. The molecule has 0 aliphatic rings. The van der Waals surface area contributed by atoms with Gasteiger partial charge in [-0.25, -0.2) is 8.78 Å². The van der Waals surface area contributed by atoms with Gasteiger partial charge in [0.25, 0.3) is 0 Å². The van der Waals surface area contributed by atoms with Gasteiger partial charge in [-0.3, -0.25) is 0 Å². The van der Waals surface area contributed by atoms with E-state index in [0.29, 0.717) is 0 Å². The molecular weight excluding hydrogens is 190 g/mol. The van der Waals surface area contributed by atoms with Crippen molar-refractivity contribution in [1.82, 2.24) is 0 Å². The van der Waals surface area contributed by atoms with Crippen LogP contribution >= 0.6 is 0 Å². The highest BCUT2D eigenvalue weighted by Gasteiger charge is 2.04. The van der Waals surface area contributed by atoms with Crippen molar-refractivity contribution in [3.05, 3.63) is 35.4 Å². The first-order chi connectivity index (χ1) is 6.61. The van der Waals surface area contributed by atoms with Crippen LogP contribution in [0, 0.1) is 11.6 Å². The van der Waals surface area contributed by atoms with Crippen LogP contribution in [-0.2, 0) is 0 Å². The number of nitrogens with zero attached hydrogens (tertiary/aromatic N) is 2. The summed E-state index contributed by atoms with van der Waals surface area (Å²) in [5.74, 6) is -1.72. The van der Waals surface area contributed by atoms with Crippen molar-refractivity contribution in [2.45, 2.75) is 0 Å². The Morgan fingerprint density at radius 2 is 1.79 bits per heavy atom. The smallest absolute Gasteiger partial charge is 0.211 e. The van der Waals surface area contributed by atoms with Crippen LogP contribution in [-0.4, -0.2) is 12.2 Å². The number of nitrogens with two attached hydrogens (primary N) is 2. The van der Waals surface area contributed by atoms with E-state index in [1.165, 1.54) is 6.07 Å². The second-order valence-electron chi connectivity index (χ2n) is 2.40. The van der Waals surface area contributed by atoms with E-state index in [-0.39, 0.29) is 11.5 Å². The minimum absolute atomic E-state index is 0.280. The zero-order valence-corrected chi connectivity index (χ0v) is 7.11. The Balaban J connectivity index is 2.97. The van der Waals surface area contributed by atoms with Crippen LogP contribution < -0.4 is 11.5 Å². The van der Waals surface area contributed by atoms with E-state index in [0.717, 1.165) is 18.3 Å². The molecule has 0 radical (unpaired) electrons. The van der Waals surface area contributed by atoms with Crippen LogP contribution in [0.25, 0.3) is 0 Å². The molecular formula is C8H8F2N4. The fourth-order valence-corrected chi connectivity index (χ4v) is 0.787. The molecule has 0 amide bonds. The molecule has 0 aliphatic carbocycles. The first-order valence-corrected chi connectivity index (χ1v) is 3.67. The second-order valence-corrected chi connectivity index (χ2v) is 2.40. The number of benzene rings is 1. The van der Waals surface area contributed by atoms with Crippen molar-refractivity contribution in [1.29, 1.82) is 0 Å². The molecule has 4 nitrogen and oxygen atoms in total. The van der Waals surface area contributed by atoms with Crippen molar-refractivity contribution in [2.24, 2.45) is 21.7 Å². The Bertz CT molecular complexity index is 363. The summed E-state index contributed by atoms with van der Waals surface area (Å²) in [6.07, 6.45) is 0.907. The normalized spacial score (nSPS) is 10.4. The molecule has 14 heavy (non-hydrogen) atoms. The molecule has 0 fully saturated rings. The van der Waals surface area contributed by atoms with Crippen LogP contribution in [0.2, 0.25) is 0 Å². The highest BCUT2D eigenvalue weighted by Crippen LogP contribution is 2.08. The molecule has 0 saturated carbocycles. The molecule has 1 rings (SSSR count). The largest absolute Gasteiger partial charge is 0.369 e. The SMILES string of the molecule is NC(N)=NN=Cc1c(F)cccc1F. The molecule has 1 aromatic carbocycles. The van der Waals surface area contributed by atoms with E-state index in [9.17, 15) is 8.78 Å². The summed E-state index contributed by atoms with van der Waals surface area (Å²) in [6, 6.07) is 3.47. The lowest BCUT2D eigenvalue weighted by Crippen LogP contribution is -2.21. The van der Waals surface area contributed by atoms with E-state index in [1.54, 1.807) is 0 Å².